The van der Waals surface area contributed by atoms with E-state index in [1.807, 2.05) is 30.3 Å². The highest BCUT2D eigenvalue weighted by molar-refractivity contribution is 5.97. The Morgan fingerprint density at radius 3 is 2.44 bits per heavy atom. The van der Waals surface area contributed by atoms with E-state index in [0.29, 0.717) is 17.0 Å². The van der Waals surface area contributed by atoms with Gasteiger partial charge in [0.05, 0.1) is 19.3 Å². The molecule has 0 unspecified atom stereocenters. The number of nitrogens with one attached hydrogen (secondary N) is 1. The summed E-state index contributed by atoms with van der Waals surface area (Å²) in [5.41, 5.74) is 2.11. The summed E-state index contributed by atoms with van der Waals surface area (Å²) >= 11 is 0. The zero-order chi connectivity index (χ0) is 24.1. The molecular formula is C25H26N4O5. The number of nitrogens with zero attached hydrogens (tertiary/aromatic N) is 3. The van der Waals surface area contributed by atoms with Crippen LogP contribution in [0.1, 0.15) is 23.2 Å². The minimum absolute atomic E-state index is 0.0874. The summed E-state index contributed by atoms with van der Waals surface area (Å²) in [6.45, 7) is -0.569. The van der Waals surface area contributed by atoms with Crippen LogP contribution in [0.5, 0.6) is 5.75 Å². The number of esters is 1. The third kappa shape index (κ3) is 5.61. The molecule has 1 aromatic heterocycles. The summed E-state index contributed by atoms with van der Waals surface area (Å²) in [6.07, 6.45) is 3.51. The molecule has 1 saturated carbocycles. The maximum absolute atomic E-state index is 13.0. The lowest BCUT2D eigenvalue weighted by atomic mass is 10.1. The standard InChI is InChI=1S/C25H26N4O5/c1-28(15-22(30)26-18-10-11-18)23(31)16-34-25(32)21-14-29(19-6-4-3-5-7-19)27-24(21)17-8-12-20(33-2)13-9-17/h3-9,12-14,18H,10-11,15-16H2,1-2H3,(H,26,30). The van der Waals surface area contributed by atoms with Gasteiger partial charge in [-0.25, -0.2) is 9.48 Å². The first-order chi connectivity index (χ1) is 16.4. The maximum Gasteiger partial charge on any atom is 0.342 e. The lowest BCUT2D eigenvalue weighted by Gasteiger charge is -2.16. The normalized spacial score (nSPS) is 12.6. The molecule has 2 amide bonds. The second-order valence-electron chi connectivity index (χ2n) is 8.07. The summed E-state index contributed by atoms with van der Waals surface area (Å²) < 4.78 is 12.1. The molecular weight excluding hydrogens is 436 g/mol. The van der Waals surface area contributed by atoms with Crippen LogP contribution in [0.25, 0.3) is 16.9 Å². The Hall–Kier alpha value is -4.14. The van der Waals surface area contributed by atoms with Crippen LogP contribution < -0.4 is 10.1 Å². The molecule has 0 spiro atoms. The van der Waals surface area contributed by atoms with Crippen molar-refractivity contribution in [2.75, 3.05) is 27.3 Å². The molecule has 0 saturated heterocycles. The van der Waals surface area contributed by atoms with E-state index in [1.54, 1.807) is 42.3 Å². The largest absolute Gasteiger partial charge is 0.497 e. The SMILES string of the molecule is COc1ccc(-c2nn(-c3ccccc3)cc2C(=O)OCC(=O)N(C)CC(=O)NC2CC2)cc1. The van der Waals surface area contributed by atoms with Crippen LogP contribution in [-0.2, 0) is 14.3 Å². The van der Waals surface area contributed by atoms with Gasteiger partial charge in [0.1, 0.15) is 17.0 Å². The zero-order valence-corrected chi connectivity index (χ0v) is 19.1. The molecule has 0 radical (unpaired) electrons. The second-order valence-corrected chi connectivity index (χ2v) is 8.07. The molecule has 1 heterocycles. The summed E-state index contributed by atoms with van der Waals surface area (Å²) in [7, 11) is 3.07. The second kappa shape index (κ2) is 10.2. The number of ether oxygens (including phenoxy) is 2. The van der Waals surface area contributed by atoms with Crippen LogP contribution in [0.3, 0.4) is 0 Å². The third-order valence-electron chi connectivity index (χ3n) is 5.39. The van der Waals surface area contributed by atoms with Gasteiger partial charge in [-0.1, -0.05) is 18.2 Å². The first kappa shape index (κ1) is 23.0. The molecule has 4 rings (SSSR count). The molecule has 1 aliphatic rings. The first-order valence-corrected chi connectivity index (χ1v) is 10.9. The van der Waals surface area contributed by atoms with Crippen LogP contribution in [0.2, 0.25) is 0 Å². The molecule has 2 aromatic carbocycles. The van der Waals surface area contributed by atoms with Gasteiger partial charge < -0.3 is 19.7 Å². The lowest BCUT2D eigenvalue weighted by Crippen LogP contribution is -2.40. The fourth-order valence-electron chi connectivity index (χ4n) is 3.32. The van der Waals surface area contributed by atoms with Crippen molar-refractivity contribution < 1.29 is 23.9 Å². The number of hydrogen-bond donors (Lipinski definition) is 1. The van der Waals surface area contributed by atoms with Crippen molar-refractivity contribution in [1.82, 2.24) is 20.0 Å². The summed E-state index contributed by atoms with van der Waals surface area (Å²) in [6, 6.07) is 16.7. The van der Waals surface area contributed by atoms with Crippen molar-refractivity contribution in [2.45, 2.75) is 18.9 Å². The van der Waals surface area contributed by atoms with Crippen molar-refractivity contribution >= 4 is 17.8 Å². The molecule has 9 nitrogen and oxygen atoms in total. The Bertz CT molecular complexity index is 1170. The van der Waals surface area contributed by atoms with Crippen molar-refractivity contribution in [1.29, 1.82) is 0 Å². The molecule has 1 fully saturated rings. The van der Waals surface area contributed by atoms with E-state index < -0.39 is 18.5 Å². The van der Waals surface area contributed by atoms with Gasteiger partial charge in [0.25, 0.3) is 5.91 Å². The van der Waals surface area contributed by atoms with Gasteiger partial charge in [-0.2, -0.15) is 5.10 Å². The van der Waals surface area contributed by atoms with Gasteiger partial charge in [-0.15, -0.1) is 0 Å². The minimum Gasteiger partial charge on any atom is -0.497 e. The summed E-state index contributed by atoms with van der Waals surface area (Å²) in [5, 5.41) is 7.41. The van der Waals surface area contributed by atoms with E-state index in [9.17, 15) is 14.4 Å². The highest BCUT2D eigenvalue weighted by atomic mass is 16.5. The van der Waals surface area contributed by atoms with Crippen LogP contribution >= 0.6 is 0 Å². The van der Waals surface area contributed by atoms with Gasteiger partial charge in [0.15, 0.2) is 6.61 Å². The fraction of sp³-hybridized carbons (Fsp3) is 0.280. The van der Waals surface area contributed by atoms with Gasteiger partial charge in [0, 0.05) is 24.8 Å². The smallest absolute Gasteiger partial charge is 0.342 e. The highest BCUT2D eigenvalue weighted by Crippen LogP contribution is 2.26. The highest BCUT2D eigenvalue weighted by Gasteiger charge is 2.25. The Morgan fingerprint density at radius 1 is 1.09 bits per heavy atom. The first-order valence-electron chi connectivity index (χ1n) is 10.9. The van der Waals surface area contributed by atoms with Crippen molar-refractivity contribution in [3.05, 3.63) is 66.4 Å². The Balaban J connectivity index is 1.49. The Labute approximate surface area is 197 Å². The fourth-order valence-corrected chi connectivity index (χ4v) is 3.32. The zero-order valence-electron chi connectivity index (χ0n) is 19.1. The summed E-state index contributed by atoms with van der Waals surface area (Å²) in [5.74, 6) is -0.705. The van der Waals surface area contributed by atoms with E-state index in [-0.39, 0.29) is 24.1 Å². The quantitative estimate of drug-likeness (QED) is 0.490. The topological polar surface area (TPSA) is 103 Å². The number of benzene rings is 2. The number of likely N-dealkylation sites (N-methyl/N-ethyl adjacent to an activating group) is 1. The molecule has 0 atom stereocenters. The molecule has 0 bridgehead atoms. The van der Waals surface area contributed by atoms with E-state index in [0.717, 1.165) is 18.5 Å². The molecule has 1 aliphatic carbocycles. The average molecular weight is 463 g/mol. The number of para-hydroxylation sites is 1. The predicted molar refractivity (Wildman–Crippen MR) is 125 cm³/mol. The van der Waals surface area contributed by atoms with Crippen LogP contribution in [0, 0.1) is 0 Å². The lowest BCUT2D eigenvalue weighted by molar-refractivity contribution is -0.137. The van der Waals surface area contributed by atoms with Gasteiger partial charge in [-0.3, -0.25) is 9.59 Å². The molecule has 1 N–H and O–H groups in total. The Morgan fingerprint density at radius 2 is 1.79 bits per heavy atom. The van der Waals surface area contributed by atoms with Crippen LogP contribution in [0.4, 0.5) is 0 Å². The van der Waals surface area contributed by atoms with E-state index in [2.05, 4.69) is 10.4 Å². The number of aromatic nitrogens is 2. The molecule has 176 valence electrons. The van der Waals surface area contributed by atoms with Gasteiger partial charge >= 0.3 is 5.97 Å². The molecule has 3 aromatic rings. The maximum atomic E-state index is 13.0. The molecule has 0 aliphatic heterocycles. The number of carbonyl (C=O) groups is 3. The Kier molecular flexibility index (Phi) is 6.91. The average Bonchev–Trinajstić information content (AvgIpc) is 3.55. The van der Waals surface area contributed by atoms with Crippen molar-refractivity contribution in [2.24, 2.45) is 0 Å². The molecule has 9 heteroatoms. The van der Waals surface area contributed by atoms with Crippen molar-refractivity contribution in [3.8, 4) is 22.7 Å². The van der Waals surface area contributed by atoms with Crippen LogP contribution in [0.15, 0.2) is 60.8 Å². The molecule has 34 heavy (non-hydrogen) atoms. The van der Waals surface area contributed by atoms with E-state index in [4.69, 9.17) is 9.47 Å². The summed E-state index contributed by atoms with van der Waals surface area (Å²) in [4.78, 5) is 38.5. The number of amides is 2. The van der Waals surface area contributed by atoms with Crippen LogP contribution in [-0.4, -0.2) is 65.8 Å². The monoisotopic (exact) mass is 462 g/mol. The van der Waals surface area contributed by atoms with Gasteiger partial charge in [-0.05, 0) is 49.2 Å². The predicted octanol–water partition coefficient (Wildman–Crippen LogP) is 2.44. The van der Waals surface area contributed by atoms with E-state index >= 15 is 0 Å². The number of hydrogen-bond acceptors (Lipinski definition) is 6. The number of rotatable bonds is 9. The number of methoxy groups -OCH3 is 1. The third-order valence-corrected chi connectivity index (χ3v) is 5.39. The minimum atomic E-state index is -0.683. The van der Waals surface area contributed by atoms with E-state index in [1.165, 1.54) is 11.9 Å². The van der Waals surface area contributed by atoms with Crippen molar-refractivity contribution in [3.63, 3.8) is 0 Å². The number of carbonyl (C=O) groups excluding carboxylic acids is 3. The van der Waals surface area contributed by atoms with Gasteiger partial charge in [0.2, 0.25) is 5.91 Å².